The number of nitrogens with one attached hydrogen (secondary N) is 2. The van der Waals surface area contributed by atoms with Crippen molar-refractivity contribution >= 4 is 17.6 Å². The Morgan fingerprint density at radius 1 is 1.21 bits per heavy atom. The van der Waals surface area contributed by atoms with Crippen LogP contribution in [0.4, 0.5) is 10.5 Å². The fraction of sp³-hybridized carbons (Fsp3) is 0.444. The summed E-state index contributed by atoms with van der Waals surface area (Å²) in [5.41, 5.74) is 1.55. The van der Waals surface area contributed by atoms with Crippen molar-refractivity contribution in [2.24, 2.45) is 5.92 Å². The molecule has 0 aliphatic carbocycles. The van der Waals surface area contributed by atoms with Gasteiger partial charge in [0.05, 0.1) is 0 Å². The van der Waals surface area contributed by atoms with Crippen molar-refractivity contribution in [2.45, 2.75) is 26.8 Å². The molecule has 0 aliphatic heterocycles. The number of rotatable bonds is 7. The van der Waals surface area contributed by atoms with Gasteiger partial charge in [0.15, 0.2) is 0 Å². The molecular formula is C18H27N3O3. The maximum atomic E-state index is 12.1. The van der Waals surface area contributed by atoms with E-state index in [9.17, 15) is 9.59 Å². The minimum Gasteiger partial charge on any atom is -0.489 e. The van der Waals surface area contributed by atoms with Gasteiger partial charge in [0.25, 0.3) is 0 Å². The van der Waals surface area contributed by atoms with E-state index in [2.05, 4.69) is 17.2 Å². The molecule has 0 radical (unpaired) electrons. The molecule has 1 rings (SSSR count). The largest absolute Gasteiger partial charge is 0.489 e. The zero-order chi connectivity index (χ0) is 18.3. The minimum absolute atomic E-state index is 0.0106. The third kappa shape index (κ3) is 6.32. The van der Waals surface area contributed by atoms with Crippen LogP contribution in [-0.2, 0) is 4.79 Å². The summed E-state index contributed by atoms with van der Waals surface area (Å²) in [5, 5.41) is 5.44. The summed E-state index contributed by atoms with van der Waals surface area (Å²) in [5.74, 6) is 0.555. The van der Waals surface area contributed by atoms with Crippen LogP contribution in [0.3, 0.4) is 0 Å². The molecule has 0 fully saturated rings. The quantitative estimate of drug-likeness (QED) is 0.754. The van der Waals surface area contributed by atoms with Gasteiger partial charge in [0, 0.05) is 19.8 Å². The van der Waals surface area contributed by atoms with Crippen molar-refractivity contribution in [3.05, 3.63) is 36.4 Å². The summed E-state index contributed by atoms with van der Waals surface area (Å²) in [4.78, 5) is 25.7. The molecule has 2 N–H and O–H groups in total. The van der Waals surface area contributed by atoms with Crippen molar-refractivity contribution in [3.63, 3.8) is 0 Å². The Morgan fingerprint density at radius 3 is 2.25 bits per heavy atom. The molecule has 0 saturated carbocycles. The fourth-order valence-corrected chi connectivity index (χ4v) is 1.94. The van der Waals surface area contributed by atoms with Crippen LogP contribution in [0, 0.1) is 5.92 Å². The molecule has 132 valence electrons. The van der Waals surface area contributed by atoms with Gasteiger partial charge in [-0.25, -0.2) is 4.79 Å². The number of urea groups is 1. The molecule has 1 aromatic carbocycles. The second kappa shape index (κ2) is 8.96. The van der Waals surface area contributed by atoms with Gasteiger partial charge in [-0.1, -0.05) is 20.4 Å². The first-order chi connectivity index (χ1) is 11.2. The molecule has 0 heterocycles. The summed E-state index contributed by atoms with van der Waals surface area (Å²) >= 11 is 0. The van der Waals surface area contributed by atoms with Gasteiger partial charge in [-0.2, -0.15) is 0 Å². The van der Waals surface area contributed by atoms with Crippen molar-refractivity contribution in [3.8, 4) is 5.75 Å². The summed E-state index contributed by atoms with van der Waals surface area (Å²) in [6.45, 7) is 9.90. The standard InChI is InChI=1S/C18H27N3O3/c1-12(2)11-24-15-9-7-14(8-10-15)19-18(23)20-16(13(3)4)17(22)21(5)6/h7-10,13,16H,1,11H2,2-6H3,(H2,19,20,23)/t16-/m0/s1. The molecule has 6 heteroatoms. The number of benzene rings is 1. The molecule has 0 spiro atoms. The topological polar surface area (TPSA) is 70.7 Å². The first-order valence-electron chi connectivity index (χ1n) is 7.86. The molecule has 24 heavy (non-hydrogen) atoms. The summed E-state index contributed by atoms with van der Waals surface area (Å²) in [6.07, 6.45) is 0. The number of amides is 3. The fourth-order valence-electron chi connectivity index (χ4n) is 1.94. The lowest BCUT2D eigenvalue weighted by atomic mass is 10.0. The van der Waals surface area contributed by atoms with Crippen molar-refractivity contribution in [1.82, 2.24) is 10.2 Å². The number of ether oxygens (including phenoxy) is 1. The van der Waals surface area contributed by atoms with Crippen LogP contribution in [0.1, 0.15) is 20.8 Å². The summed E-state index contributed by atoms with van der Waals surface area (Å²) < 4.78 is 5.50. The molecule has 0 aromatic heterocycles. The average Bonchev–Trinajstić information content (AvgIpc) is 2.50. The SMILES string of the molecule is C=C(C)COc1ccc(NC(=O)N[C@H](C(=O)N(C)C)C(C)C)cc1. The van der Waals surface area contributed by atoms with E-state index in [1.807, 2.05) is 20.8 Å². The van der Waals surface area contributed by atoms with Gasteiger partial charge in [0.2, 0.25) is 5.91 Å². The smallest absolute Gasteiger partial charge is 0.319 e. The summed E-state index contributed by atoms with van der Waals surface area (Å²) in [7, 11) is 3.34. The molecule has 0 saturated heterocycles. The van der Waals surface area contributed by atoms with E-state index in [0.29, 0.717) is 18.0 Å². The highest BCUT2D eigenvalue weighted by Gasteiger charge is 2.25. The van der Waals surface area contributed by atoms with Crippen LogP contribution in [-0.4, -0.2) is 43.6 Å². The highest BCUT2D eigenvalue weighted by molar-refractivity contribution is 5.93. The Balaban J connectivity index is 2.63. The second-order valence-electron chi connectivity index (χ2n) is 6.32. The average molecular weight is 333 g/mol. The number of likely N-dealkylation sites (N-methyl/N-ethyl adjacent to an activating group) is 1. The Bertz CT molecular complexity index is 580. The van der Waals surface area contributed by atoms with Crippen LogP contribution in [0.2, 0.25) is 0 Å². The Kier molecular flexibility index (Phi) is 7.30. The first kappa shape index (κ1) is 19.5. The summed E-state index contributed by atoms with van der Waals surface area (Å²) in [6, 6.07) is 6.03. The lowest BCUT2D eigenvalue weighted by molar-refractivity contribution is -0.131. The highest BCUT2D eigenvalue weighted by atomic mass is 16.5. The number of hydrogen-bond acceptors (Lipinski definition) is 3. The number of hydrogen-bond donors (Lipinski definition) is 2. The Morgan fingerprint density at radius 2 is 1.79 bits per heavy atom. The van der Waals surface area contributed by atoms with Gasteiger partial charge in [-0.05, 0) is 42.7 Å². The van der Waals surface area contributed by atoms with Crippen molar-refractivity contribution in [2.75, 3.05) is 26.0 Å². The zero-order valence-electron chi connectivity index (χ0n) is 15.1. The molecule has 0 bridgehead atoms. The van der Waals surface area contributed by atoms with E-state index in [-0.39, 0.29) is 11.8 Å². The van der Waals surface area contributed by atoms with Gasteiger partial charge in [-0.15, -0.1) is 0 Å². The van der Waals surface area contributed by atoms with Gasteiger partial charge in [0.1, 0.15) is 18.4 Å². The van der Waals surface area contributed by atoms with Crippen LogP contribution >= 0.6 is 0 Å². The predicted octanol–water partition coefficient (Wildman–Crippen LogP) is 2.88. The molecule has 3 amide bonds. The number of carbonyl (C=O) groups is 2. The van der Waals surface area contributed by atoms with Gasteiger partial charge in [-0.3, -0.25) is 4.79 Å². The highest BCUT2D eigenvalue weighted by Crippen LogP contribution is 2.16. The van der Waals surface area contributed by atoms with Gasteiger partial charge < -0.3 is 20.3 Å². The third-order valence-corrected chi connectivity index (χ3v) is 3.26. The monoisotopic (exact) mass is 333 g/mol. The van der Waals surface area contributed by atoms with E-state index >= 15 is 0 Å². The molecule has 1 aromatic rings. The van der Waals surface area contributed by atoms with E-state index < -0.39 is 12.1 Å². The Hall–Kier alpha value is -2.50. The Labute approximate surface area is 143 Å². The lowest BCUT2D eigenvalue weighted by Gasteiger charge is -2.24. The predicted molar refractivity (Wildman–Crippen MR) is 96.2 cm³/mol. The van der Waals surface area contributed by atoms with Crippen LogP contribution in [0.5, 0.6) is 5.75 Å². The minimum atomic E-state index is -0.571. The lowest BCUT2D eigenvalue weighted by Crippen LogP contribution is -2.50. The number of carbonyl (C=O) groups excluding carboxylic acids is 2. The normalized spacial score (nSPS) is 11.6. The van der Waals surface area contributed by atoms with Crippen molar-refractivity contribution in [1.29, 1.82) is 0 Å². The second-order valence-corrected chi connectivity index (χ2v) is 6.32. The van der Waals surface area contributed by atoms with Crippen molar-refractivity contribution < 1.29 is 14.3 Å². The molecule has 1 atom stereocenters. The zero-order valence-corrected chi connectivity index (χ0v) is 15.1. The molecular weight excluding hydrogens is 306 g/mol. The number of anilines is 1. The van der Waals surface area contributed by atoms with E-state index in [1.54, 1.807) is 38.4 Å². The van der Waals surface area contributed by atoms with Crippen LogP contribution in [0.15, 0.2) is 36.4 Å². The van der Waals surface area contributed by atoms with E-state index in [4.69, 9.17) is 4.74 Å². The molecule has 0 aliphatic rings. The maximum Gasteiger partial charge on any atom is 0.319 e. The molecule has 6 nitrogen and oxygen atoms in total. The first-order valence-corrected chi connectivity index (χ1v) is 7.86. The number of nitrogens with zero attached hydrogens (tertiary/aromatic N) is 1. The maximum absolute atomic E-state index is 12.1. The van der Waals surface area contributed by atoms with Crippen LogP contribution < -0.4 is 15.4 Å². The van der Waals surface area contributed by atoms with E-state index in [0.717, 1.165) is 5.57 Å². The molecule has 0 unspecified atom stereocenters. The van der Waals surface area contributed by atoms with Gasteiger partial charge >= 0.3 is 6.03 Å². The van der Waals surface area contributed by atoms with Crippen LogP contribution in [0.25, 0.3) is 0 Å². The third-order valence-electron chi connectivity index (χ3n) is 3.26. The van der Waals surface area contributed by atoms with E-state index in [1.165, 1.54) is 4.90 Å².